The van der Waals surface area contributed by atoms with Crippen LogP contribution in [-0.2, 0) is 16.6 Å². The minimum Gasteiger partial charge on any atom is -0.494 e. The molecule has 1 unspecified atom stereocenters. The number of urea groups is 1. The molecule has 2 aromatic carbocycles. The van der Waals surface area contributed by atoms with Gasteiger partial charge in [0.1, 0.15) is 5.75 Å². The van der Waals surface area contributed by atoms with Crippen LogP contribution < -0.4 is 20.1 Å². The Labute approximate surface area is 177 Å². The van der Waals surface area contributed by atoms with E-state index < -0.39 is 10.0 Å². The van der Waals surface area contributed by atoms with E-state index in [4.69, 9.17) is 4.74 Å². The number of hydrogen-bond donors (Lipinski definition) is 3. The molecule has 1 heterocycles. The van der Waals surface area contributed by atoms with Gasteiger partial charge in [0.05, 0.1) is 18.6 Å². The van der Waals surface area contributed by atoms with Gasteiger partial charge < -0.3 is 15.4 Å². The van der Waals surface area contributed by atoms with E-state index in [9.17, 15) is 13.2 Å². The molecule has 1 fully saturated rings. The normalized spacial score (nSPS) is 16.8. The van der Waals surface area contributed by atoms with Crippen LogP contribution in [-0.4, -0.2) is 51.3 Å². The number of methoxy groups -OCH3 is 1. The molecule has 0 radical (unpaired) electrons. The van der Waals surface area contributed by atoms with Gasteiger partial charge in [0, 0.05) is 37.4 Å². The predicted octanol–water partition coefficient (Wildman–Crippen LogP) is 2.85. The fourth-order valence-electron chi connectivity index (χ4n) is 3.38. The summed E-state index contributed by atoms with van der Waals surface area (Å²) in [4.78, 5) is 14.7. The molecule has 0 bridgehead atoms. The zero-order valence-corrected chi connectivity index (χ0v) is 18.0. The average molecular weight is 433 g/mol. The Morgan fingerprint density at radius 3 is 2.67 bits per heavy atom. The number of anilines is 2. The minimum absolute atomic E-state index is 0.0404. The van der Waals surface area contributed by atoms with Crippen molar-refractivity contribution in [1.82, 2.24) is 10.2 Å². The molecular weight excluding hydrogens is 404 g/mol. The van der Waals surface area contributed by atoms with Gasteiger partial charge in [-0.25, -0.2) is 13.2 Å². The summed E-state index contributed by atoms with van der Waals surface area (Å²) in [5.41, 5.74) is 2.11. The number of carbonyl (C=O) groups is 1. The summed E-state index contributed by atoms with van der Waals surface area (Å²) in [5, 5.41) is 5.78. The number of likely N-dealkylation sites (tertiary alicyclic amines) is 1. The zero-order chi connectivity index (χ0) is 21.6. The number of rotatable bonds is 8. The van der Waals surface area contributed by atoms with Gasteiger partial charge in [-0.15, -0.1) is 0 Å². The highest BCUT2D eigenvalue weighted by atomic mass is 32.2. The topological polar surface area (TPSA) is 99.8 Å². The highest BCUT2D eigenvalue weighted by Gasteiger charge is 2.24. The fraction of sp³-hybridized carbons (Fsp3) is 0.381. The third kappa shape index (κ3) is 6.11. The number of hydrogen-bond acceptors (Lipinski definition) is 5. The largest absolute Gasteiger partial charge is 0.494 e. The summed E-state index contributed by atoms with van der Waals surface area (Å²) in [6.07, 6.45) is 0.890. The van der Waals surface area contributed by atoms with Gasteiger partial charge in [0.25, 0.3) is 0 Å². The number of amides is 2. The van der Waals surface area contributed by atoms with Crippen molar-refractivity contribution < 1.29 is 17.9 Å². The van der Waals surface area contributed by atoms with Crippen molar-refractivity contribution >= 4 is 27.4 Å². The molecule has 8 nitrogen and oxygen atoms in total. The molecule has 1 aliphatic heterocycles. The monoisotopic (exact) mass is 432 g/mol. The van der Waals surface area contributed by atoms with Crippen molar-refractivity contribution in [2.45, 2.75) is 25.9 Å². The first-order chi connectivity index (χ1) is 14.4. The summed E-state index contributed by atoms with van der Waals surface area (Å²) < 4.78 is 31.3. The fourth-order valence-corrected chi connectivity index (χ4v) is 4.03. The summed E-state index contributed by atoms with van der Waals surface area (Å²) in [7, 11) is -1.97. The quantitative estimate of drug-likeness (QED) is 0.596. The van der Waals surface area contributed by atoms with Gasteiger partial charge in [-0.2, -0.15) is 0 Å². The molecule has 0 saturated carbocycles. The Bertz CT molecular complexity index is 966. The third-order valence-corrected chi connectivity index (χ3v) is 6.25. The molecule has 162 valence electrons. The van der Waals surface area contributed by atoms with Crippen LogP contribution in [0.2, 0.25) is 0 Å². The van der Waals surface area contributed by atoms with Crippen molar-refractivity contribution in [3.05, 3.63) is 54.1 Å². The van der Waals surface area contributed by atoms with Gasteiger partial charge >= 0.3 is 6.03 Å². The Morgan fingerprint density at radius 2 is 1.97 bits per heavy atom. The van der Waals surface area contributed by atoms with Crippen molar-refractivity contribution in [3.8, 4) is 5.75 Å². The van der Waals surface area contributed by atoms with E-state index in [1.54, 1.807) is 25.1 Å². The summed E-state index contributed by atoms with van der Waals surface area (Å²) in [6, 6.07) is 14.8. The van der Waals surface area contributed by atoms with E-state index in [1.807, 2.05) is 18.2 Å². The lowest BCUT2D eigenvalue weighted by Crippen LogP contribution is -2.39. The first-order valence-electron chi connectivity index (χ1n) is 9.91. The van der Waals surface area contributed by atoms with Gasteiger partial charge in [-0.3, -0.25) is 9.62 Å². The van der Waals surface area contributed by atoms with Gasteiger partial charge in [0.2, 0.25) is 10.0 Å². The molecule has 0 spiro atoms. The van der Waals surface area contributed by atoms with Crippen molar-refractivity contribution in [2.75, 3.05) is 36.0 Å². The Hall–Kier alpha value is -2.78. The second-order valence-electron chi connectivity index (χ2n) is 7.23. The van der Waals surface area contributed by atoms with Gasteiger partial charge in [-0.1, -0.05) is 30.3 Å². The lowest BCUT2D eigenvalue weighted by Gasteiger charge is -2.17. The second-order valence-corrected chi connectivity index (χ2v) is 9.24. The number of sulfonamides is 1. The maximum Gasteiger partial charge on any atom is 0.319 e. The minimum atomic E-state index is -3.42. The lowest BCUT2D eigenvalue weighted by atomic mass is 10.2. The molecule has 3 N–H and O–H groups in total. The van der Waals surface area contributed by atoms with Crippen LogP contribution in [0.5, 0.6) is 5.75 Å². The lowest BCUT2D eigenvalue weighted by molar-refractivity contribution is 0.247. The highest BCUT2D eigenvalue weighted by Crippen LogP contribution is 2.29. The molecule has 2 amide bonds. The van der Waals surface area contributed by atoms with Crippen molar-refractivity contribution in [1.29, 1.82) is 0 Å². The van der Waals surface area contributed by atoms with Crippen LogP contribution in [0.1, 0.15) is 18.9 Å². The molecule has 0 aliphatic carbocycles. The molecule has 30 heavy (non-hydrogen) atoms. The van der Waals surface area contributed by atoms with Crippen LogP contribution in [0.3, 0.4) is 0 Å². The van der Waals surface area contributed by atoms with E-state index in [-0.39, 0.29) is 17.8 Å². The van der Waals surface area contributed by atoms with E-state index in [1.165, 1.54) is 12.7 Å². The maximum atomic E-state index is 12.4. The van der Waals surface area contributed by atoms with E-state index in [0.717, 1.165) is 26.1 Å². The highest BCUT2D eigenvalue weighted by molar-refractivity contribution is 7.92. The number of nitrogens with zero attached hydrogens (tertiary/aromatic N) is 1. The summed E-state index contributed by atoms with van der Waals surface area (Å²) >= 11 is 0. The number of ether oxygens (including phenoxy) is 1. The van der Waals surface area contributed by atoms with E-state index >= 15 is 0 Å². The number of nitrogens with one attached hydrogen (secondary N) is 3. The summed E-state index contributed by atoms with van der Waals surface area (Å²) in [6.45, 7) is 4.15. The van der Waals surface area contributed by atoms with Crippen LogP contribution in [0.15, 0.2) is 48.5 Å². The Morgan fingerprint density at radius 1 is 1.20 bits per heavy atom. The molecule has 0 aromatic heterocycles. The van der Waals surface area contributed by atoms with Gasteiger partial charge in [-0.05, 0) is 31.0 Å². The first kappa shape index (κ1) is 21.9. The summed E-state index contributed by atoms with van der Waals surface area (Å²) in [5.74, 6) is 0.293. The van der Waals surface area contributed by atoms with Gasteiger partial charge in [0.15, 0.2) is 0 Å². The van der Waals surface area contributed by atoms with Crippen LogP contribution >= 0.6 is 0 Å². The zero-order valence-electron chi connectivity index (χ0n) is 17.2. The molecule has 1 aliphatic rings. The van der Waals surface area contributed by atoms with Crippen molar-refractivity contribution in [3.63, 3.8) is 0 Å². The third-order valence-electron chi connectivity index (χ3n) is 4.96. The van der Waals surface area contributed by atoms with Crippen LogP contribution in [0.25, 0.3) is 0 Å². The molecule has 1 saturated heterocycles. The molecule has 1 atom stereocenters. The molecular formula is C21H28N4O4S. The SMILES string of the molecule is CCS(=O)(=O)Nc1ccc(NC(=O)NC2CCN(Cc3ccccc3)C2)cc1OC. The van der Waals surface area contributed by atoms with Crippen LogP contribution in [0.4, 0.5) is 16.2 Å². The molecule has 2 aromatic rings. The number of benzene rings is 2. The number of carbonyl (C=O) groups excluding carboxylic acids is 1. The molecule has 9 heteroatoms. The molecule has 3 rings (SSSR count). The first-order valence-corrected chi connectivity index (χ1v) is 11.6. The van der Waals surface area contributed by atoms with Crippen molar-refractivity contribution in [2.24, 2.45) is 0 Å². The van der Waals surface area contributed by atoms with E-state index in [2.05, 4.69) is 32.4 Å². The Kier molecular flexibility index (Phi) is 7.17. The predicted molar refractivity (Wildman–Crippen MR) is 118 cm³/mol. The van der Waals surface area contributed by atoms with Crippen LogP contribution in [0, 0.1) is 0 Å². The smallest absolute Gasteiger partial charge is 0.319 e. The Balaban J connectivity index is 1.53. The second kappa shape index (κ2) is 9.82. The average Bonchev–Trinajstić information content (AvgIpc) is 3.16. The standard InChI is InChI=1S/C21H28N4O4S/c1-3-30(27,28)24-19-10-9-17(13-20(19)29-2)22-21(26)23-18-11-12-25(15-18)14-16-7-5-4-6-8-16/h4-10,13,18,24H,3,11-12,14-15H2,1-2H3,(H2,22,23,26). The maximum absolute atomic E-state index is 12.4. The van der Waals surface area contributed by atoms with E-state index in [0.29, 0.717) is 17.1 Å².